The van der Waals surface area contributed by atoms with E-state index < -0.39 is 5.41 Å². The standard InChI is InChI=1S/C67H57BN2/c1-3-13-47(14-4-1)67(48-15-5-2-6-16-48)56-19-9-10-21-60(56)70-62-52(18-11-20-57(62)67)54-30-46-12-7-8-17-51(46)64-61(54)68(70)58-33-50(66-37-43-27-44(38-66)29-45(28-43)39-66)32-55-53-31-49(22-23-59(53)69(64)63(55)58)65-34-40-24-41(35-65)26-42(25-40)36-65/h1-23,30-33,40-45H,24-29,34-39H2. The maximum absolute atomic E-state index is 2.88. The molecule has 0 radical (unpaired) electrons. The summed E-state index contributed by atoms with van der Waals surface area (Å²) in [5, 5.41) is 5.69. The van der Waals surface area contributed by atoms with E-state index in [9.17, 15) is 0 Å². The molecule has 20 rings (SSSR count). The van der Waals surface area contributed by atoms with E-state index in [-0.39, 0.29) is 12.3 Å². The minimum Gasteiger partial charge on any atom is -0.376 e. The summed E-state index contributed by atoms with van der Waals surface area (Å²) in [5.74, 6) is 5.38. The summed E-state index contributed by atoms with van der Waals surface area (Å²) >= 11 is 0. The van der Waals surface area contributed by atoms with Crippen molar-refractivity contribution in [2.75, 3.05) is 4.81 Å². The maximum atomic E-state index is 2.88. The first-order chi connectivity index (χ1) is 34.5. The summed E-state index contributed by atoms with van der Waals surface area (Å²) < 4.78 is 2.81. The van der Waals surface area contributed by atoms with Crippen molar-refractivity contribution in [2.24, 2.45) is 35.5 Å². The van der Waals surface area contributed by atoms with Gasteiger partial charge in [0.05, 0.1) is 22.1 Å². The lowest BCUT2D eigenvalue weighted by Gasteiger charge is -2.57. The molecule has 9 aromatic rings. The number of hydrogen-bond acceptors (Lipinski definition) is 1. The Balaban J connectivity index is 0.987. The van der Waals surface area contributed by atoms with Gasteiger partial charge in [-0.3, -0.25) is 0 Å². The first-order valence-corrected chi connectivity index (χ1v) is 27.4. The molecule has 0 amide bonds. The Morgan fingerprint density at radius 3 is 1.66 bits per heavy atom. The van der Waals surface area contributed by atoms with E-state index in [4.69, 9.17) is 0 Å². The van der Waals surface area contributed by atoms with Gasteiger partial charge < -0.3 is 9.38 Å². The average Bonchev–Trinajstić information content (AvgIpc) is 3.72. The van der Waals surface area contributed by atoms with Crippen LogP contribution in [0.25, 0.3) is 49.4 Å². The Labute approximate surface area is 411 Å². The lowest BCUT2D eigenvalue weighted by atomic mass is 9.41. The molecule has 0 spiro atoms. The first-order valence-electron chi connectivity index (χ1n) is 27.4. The molecule has 8 fully saturated rings. The average molecular weight is 901 g/mol. The Morgan fingerprint density at radius 1 is 0.414 bits per heavy atom. The third-order valence-corrected chi connectivity index (χ3v) is 21.3. The van der Waals surface area contributed by atoms with Gasteiger partial charge >= 0.3 is 6.85 Å². The molecule has 0 unspecified atom stereocenters. The summed E-state index contributed by atoms with van der Waals surface area (Å²) in [4.78, 5) is 2.88. The van der Waals surface area contributed by atoms with Gasteiger partial charge in [-0.25, -0.2) is 0 Å². The summed E-state index contributed by atoms with van der Waals surface area (Å²) in [6, 6.07) is 65.4. The summed E-state index contributed by atoms with van der Waals surface area (Å²) in [7, 11) is 0. The van der Waals surface area contributed by atoms with Crippen molar-refractivity contribution < 1.29 is 0 Å². The molecule has 3 heteroatoms. The second kappa shape index (κ2) is 13.1. The van der Waals surface area contributed by atoms with E-state index in [0.29, 0.717) is 5.41 Å². The zero-order valence-electron chi connectivity index (χ0n) is 40.0. The van der Waals surface area contributed by atoms with Gasteiger partial charge in [0.1, 0.15) is 0 Å². The molecule has 8 aliphatic carbocycles. The fourth-order valence-electron chi connectivity index (χ4n) is 19.7. The predicted octanol–water partition coefficient (Wildman–Crippen LogP) is 14.8. The van der Waals surface area contributed by atoms with Gasteiger partial charge in [-0.05, 0) is 209 Å². The molecule has 70 heavy (non-hydrogen) atoms. The number of rotatable bonds is 4. The lowest BCUT2D eigenvalue weighted by Crippen LogP contribution is -2.62. The van der Waals surface area contributed by atoms with Crippen LogP contribution in [-0.4, -0.2) is 11.4 Å². The molecule has 338 valence electrons. The second-order valence-corrected chi connectivity index (χ2v) is 24.8. The van der Waals surface area contributed by atoms with Crippen LogP contribution in [0.4, 0.5) is 11.4 Å². The number of hydrogen-bond donors (Lipinski definition) is 0. The molecular weight excluding hydrogens is 844 g/mol. The van der Waals surface area contributed by atoms with Crippen LogP contribution in [0.5, 0.6) is 0 Å². The normalized spacial score (nSPS) is 29.5. The van der Waals surface area contributed by atoms with Crippen LogP contribution in [0.15, 0.2) is 164 Å². The smallest absolute Gasteiger partial charge is 0.333 e. The minimum absolute atomic E-state index is 0.00949. The van der Waals surface area contributed by atoms with Crippen LogP contribution < -0.4 is 15.7 Å². The highest BCUT2D eigenvalue weighted by Gasteiger charge is 2.56. The van der Waals surface area contributed by atoms with Crippen LogP contribution in [-0.2, 0) is 16.2 Å². The van der Waals surface area contributed by atoms with Gasteiger partial charge in [-0.15, -0.1) is 0 Å². The third kappa shape index (κ3) is 4.66. The lowest BCUT2D eigenvalue weighted by molar-refractivity contribution is -0.00526. The second-order valence-electron chi connectivity index (χ2n) is 24.8. The number of nitrogens with zero attached hydrogens (tertiary/aromatic N) is 2. The molecular formula is C67H57BN2. The molecule has 0 saturated heterocycles. The fraction of sp³-hybridized carbons (Fsp3) is 0.313. The third-order valence-electron chi connectivity index (χ3n) is 21.3. The molecule has 8 saturated carbocycles. The van der Waals surface area contributed by atoms with E-state index in [1.807, 2.05) is 0 Å². The molecule has 1 aromatic heterocycles. The van der Waals surface area contributed by atoms with Crippen LogP contribution in [0, 0.1) is 35.5 Å². The molecule has 0 atom stereocenters. The van der Waals surface area contributed by atoms with Crippen molar-refractivity contribution in [1.29, 1.82) is 0 Å². The zero-order valence-corrected chi connectivity index (χ0v) is 40.0. The highest BCUT2D eigenvalue weighted by atomic mass is 15.1. The Morgan fingerprint density at radius 2 is 0.986 bits per heavy atom. The van der Waals surface area contributed by atoms with Crippen molar-refractivity contribution in [1.82, 2.24) is 4.57 Å². The van der Waals surface area contributed by atoms with E-state index in [1.165, 1.54) is 171 Å². The van der Waals surface area contributed by atoms with Crippen molar-refractivity contribution in [2.45, 2.75) is 93.3 Å². The monoisotopic (exact) mass is 900 g/mol. The summed E-state index contributed by atoms with van der Waals surface area (Å²) in [6.45, 7) is -0.00949. The van der Waals surface area contributed by atoms with E-state index in [1.54, 1.807) is 11.1 Å². The van der Waals surface area contributed by atoms with Crippen molar-refractivity contribution in [3.8, 4) is 16.8 Å². The highest BCUT2D eigenvalue weighted by Crippen LogP contribution is 2.64. The van der Waals surface area contributed by atoms with Crippen molar-refractivity contribution >= 4 is 61.7 Å². The quantitative estimate of drug-likeness (QED) is 0.160. The van der Waals surface area contributed by atoms with Crippen molar-refractivity contribution in [3.05, 3.63) is 197 Å². The Kier molecular flexibility index (Phi) is 7.22. The molecule has 4 heterocycles. The van der Waals surface area contributed by atoms with E-state index in [2.05, 4.69) is 173 Å². The molecule has 2 nitrogen and oxygen atoms in total. The number of para-hydroxylation sites is 2. The SMILES string of the molecule is c1ccc(C2(c3ccccc3)c3ccccc3N3B4c5c(cc6ccccc6c5-n5c6ccc(C78CC9CC(CC(C9)C7)C8)cc6c6cc(C78CC9CC(CC(C9)C7)C8)cc4c65)-c4cccc2c43)cc1. The molecule has 0 N–H and O–H groups in total. The van der Waals surface area contributed by atoms with Crippen molar-refractivity contribution in [3.63, 3.8) is 0 Å². The Bertz CT molecular complexity index is 3650. The van der Waals surface area contributed by atoms with E-state index >= 15 is 0 Å². The first kappa shape index (κ1) is 38.4. The molecule has 11 aliphatic rings. The molecule has 3 aliphatic heterocycles. The van der Waals surface area contributed by atoms with Gasteiger partial charge in [0.15, 0.2) is 0 Å². The summed E-state index contributed by atoms with van der Waals surface area (Å²) in [6.07, 6.45) is 17.1. The summed E-state index contributed by atoms with van der Waals surface area (Å²) in [5.41, 5.74) is 21.4. The van der Waals surface area contributed by atoms with Crippen LogP contribution in [0.2, 0.25) is 0 Å². The van der Waals surface area contributed by atoms with E-state index in [0.717, 1.165) is 35.5 Å². The number of benzene rings is 8. The number of aromatic nitrogens is 1. The molecule has 8 bridgehead atoms. The Hall–Kier alpha value is -6.32. The zero-order chi connectivity index (χ0) is 45.2. The van der Waals surface area contributed by atoms with Crippen LogP contribution in [0.3, 0.4) is 0 Å². The minimum atomic E-state index is -0.522. The van der Waals surface area contributed by atoms with Crippen LogP contribution >= 0.6 is 0 Å². The fourth-order valence-corrected chi connectivity index (χ4v) is 19.7. The van der Waals surface area contributed by atoms with Gasteiger partial charge in [-0.2, -0.15) is 0 Å². The van der Waals surface area contributed by atoms with Gasteiger partial charge in [0.25, 0.3) is 0 Å². The molecule has 8 aromatic carbocycles. The maximum Gasteiger partial charge on any atom is 0.333 e. The predicted molar refractivity (Wildman–Crippen MR) is 289 cm³/mol. The topological polar surface area (TPSA) is 8.17 Å². The van der Waals surface area contributed by atoms with Crippen LogP contribution in [0.1, 0.15) is 110 Å². The number of anilines is 2. The van der Waals surface area contributed by atoms with Gasteiger partial charge in [0, 0.05) is 33.1 Å². The van der Waals surface area contributed by atoms with Gasteiger partial charge in [0.2, 0.25) is 0 Å². The largest absolute Gasteiger partial charge is 0.376 e. The highest BCUT2D eigenvalue weighted by molar-refractivity contribution is 6.94. The van der Waals surface area contributed by atoms with Gasteiger partial charge in [-0.1, -0.05) is 133 Å². The number of fused-ring (bicyclic) bond motifs is 11.